The summed E-state index contributed by atoms with van der Waals surface area (Å²) in [5.41, 5.74) is 0. The van der Waals surface area contributed by atoms with Gasteiger partial charge in [0.2, 0.25) is 0 Å². The van der Waals surface area contributed by atoms with Crippen LogP contribution in [0.2, 0.25) is 0 Å². The molecule has 0 amide bonds. The number of allylic oxidation sites excluding steroid dienone is 18. The maximum Gasteiger partial charge on any atom is 0.306 e. The van der Waals surface area contributed by atoms with Crippen LogP contribution < -0.4 is 4.89 Å². The Morgan fingerprint density at radius 1 is 0.360 bits per heavy atom. The molecular formula is C76H134NO8P. The molecule has 9 nitrogen and oxygen atoms in total. The molecule has 2 unspecified atom stereocenters. The van der Waals surface area contributed by atoms with E-state index in [1.807, 2.05) is 21.1 Å². The minimum absolute atomic E-state index is 0.0330. The van der Waals surface area contributed by atoms with Gasteiger partial charge < -0.3 is 27.9 Å². The molecular weight excluding hydrogens is 1090 g/mol. The highest BCUT2D eigenvalue weighted by atomic mass is 31.2. The lowest BCUT2D eigenvalue weighted by Gasteiger charge is -2.28. The molecule has 0 fully saturated rings. The molecule has 0 saturated heterocycles. The van der Waals surface area contributed by atoms with Crippen LogP contribution in [0.5, 0.6) is 0 Å². The van der Waals surface area contributed by atoms with Crippen molar-refractivity contribution >= 4 is 19.8 Å². The molecule has 0 spiro atoms. The lowest BCUT2D eigenvalue weighted by Crippen LogP contribution is -2.37. The highest BCUT2D eigenvalue weighted by Gasteiger charge is 2.22. The topological polar surface area (TPSA) is 111 Å². The number of ether oxygens (including phenoxy) is 2. The number of carbonyl (C=O) groups excluding carboxylic acids is 2. The minimum Gasteiger partial charge on any atom is -0.756 e. The fourth-order valence-corrected chi connectivity index (χ4v) is 10.6. The van der Waals surface area contributed by atoms with Crippen LogP contribution in [0.4, 0.5) is 0 Å². The van der Waals surface area contributed by atoms with Crippen LogP contribution in [0.15, 0.2) is 109 Å². The van der Waals surface area contributed by atoms with Crippen LogP contribution in [0, 0.1) is 0 Å². The minimum atomic E-state index is -4.65. The number of carbonyl (C=O) groups is 2. The van der Waals surface area contributed by atoms with Gasteiger partial charge in [-0.1, -0.05) is 309 Å². The summed E-state index contributed by atoms with van der Waals surface area (Å²) >= 11 is 0. The predicted octanol–water partition coefficient (Wildman–Crippen LogP) is 22.6. The van der Waals surface area contributed by atoms with Crippen molar-refractivity contribution in [3.8, 4) is 0 Å². The third-order valence-electron chi connectivity index (χ3n) is 15.3. The molecule has 0 saturated carbocycles. The second-order valence-corrected chi connectivity index (χ2v) is 26.2. The molecule has 0 radical (unpaired) electrons. The molecule has 0 aliphatic rings. The second-order valence-electron chi connectivity index (χ2n) is 24.8. The number of rotatable bonds is 65. The van der Waals surface area contributed by atoms with Crippen LogP contribution in [0.1, 0.15) is 309 Å². The number of quaternary nitrogens is 1. The van der Waals surface area contributed by atoms with E-state index in [1.54, 1.807) is 0 Å². The van der Waals surface area contributed by atoms with E-state index >= 15 is 0 Å². The number of nitrogens with zero attached hydrogens (tertiary/aromatic N) is 1. The molecule has 0 bridgehead atoms. The van der Waals surface area contributed by atoms with Gasteiger partial charge >= 0.3 is 11.9 Å². The van der Waals surface area contributed by atoms with Gasteiger partial charge in [-0.05, 0) is 96.3 Å². The molecule has 0 N–H and O–H groups in total. The molecule has 0 heterocycles. The van der Waals surface area contributed by atoms with Crippen molar-refractivity contribution in [2.24, 2.45) is 0 Å². The van der Waals surface area contributed by atoms with Crippen LogP contribution in [0.3, 0.4) is 0 Å². The van der Waals surface area contributed by atoms with Gasteiger partial charge in [-0.2, -0.15) is 0 Å². The Labute approximate surface area is 531 Å². The van der Waals surface area contributed by atoms with E-state index in [4.69, 9.17) is 18.5 Å². The van der Waals surface area contributed by atoms with Gasteiger partial charge in [0.25, 0.3) is 7.82 Å². The summed E-state index contributed by atoms with van der Waals surface area (Å²) < 4.78 is 34.3. The Hall–Kier alpha value is -3.33. The Bertz CT molecular complexity index is 1820. The molecule has 0 aromatic carbocycles. The molecule has 0 aromatic rings. The van der Waals surface area contributed by atoms with Gasteiger partial charge in [0.15, 0.2) is 6.10 Å². The van der Waals surface area contributed by atoms with Crippen molar-refractivity contribution in [2.75, 3.05) is 47.5 Å². The summed E-state index contributed by atoms with van der Waals surface area (Å²) in [7, 11) is 1.17. The molecule has 86 heavy (non-hydrogen) atoms. The number of phosphoric acid groups is 1. The first kappa shape index (κ1) is 82.7. The van der Waals surface area contributed by atoms with E-state index in [0.717, 1.165) is 96.3 Å². The summed E-state index contributed by atoms with van der Waals surface area (Å²) in [6.07, 6.45) is 93.1. The Kier molecular flexibility index (Phi) is 63.5. The summed E-state index contributed by atoms with van der Waals surface area (Å²) in [6, 6.07) is 0. The largest absolute Gasteiger partial charge is 0.756 e. The van der Waals surface area contributed by atoms with Crippen LogP contribution in [-0.4, -0.2) is 70.0 Å². The van der Waals surface area contributed by atoms with Gasteiger partial charge in [0, 0.05) is 12.8 Å². The van der Waals surface area contributed by atoms with E-state index in [-0.39, 0.29) is 32.0 Å². The first-order valence-corrected chi connectivity index (χ1v) is 37.1. The Morgan fingerprint density at radius 3 is 0.930 bits per heavy atom. The summed E-state index contributed by atoms with van der Waals surface area (Å²) in [4.78, 5) is 38.1. The number of esters is 2. The van der Waals surface area contributed by atoms with E-state index in [2.05, 4.69) is 123 Å². The number of phosphoric ester groups is 1. The highest BCUT2D eigenvalue weighted by molar-refractivity contribution is 7.45. The summed E-state index contributed by atoms with van der Waals surface area (Å²) in [5.74, 6) is -0.825. The molecule has 0 rings (SSSR count). The normalized spacial score (nSPS) is 13.8. The first-order chi connectivity index (χ1) is 42.0. The second kappa shape index (κ2) is 66.1. The van der Waals surface area contributed by atoms with Gasteiger partial charge in [0.1, 0.15) is 19.8 Å². The van der Waals surface area contributed by atoms with Crippen LogP contribution >= 0.6 is 7.82 Å². The lowest BCUT2D eigenvalue weighted by molar-refractivity contribution is -0.870. The monoisotopic (exact) mass is 1220 g/mol. The van der Waals surface area contributed by atoms with Gasteiger partial charge in [-0.25, -0.2) is 0 Å². The average molecular weight is 1220 g/mol. The van der Waals surface area contributed by atoms with Gasteiger partial charge in [-0.3, -0.25) is 14.2 Å². The Balaban J connectivity index is 4.02. The zero-order valence-corrected chi connectivity index (χ0v) is 57.4. The number of likely N-dealkylation sites (N-methyl/N-ethyl adjacent to an activating group) is 1. The Morgan fingerprint density at radius 2 is 0.628 bits per heavy atom. The number of hydrogen-bond acceptors (Lipinski definition) is 8. The number of unbranched alkanes of at least 4 members (excludes halogenated alkanes) is 33. The molecule has 0 aromatic heterocycles. The fourth-order valence-electron chi connectivity index (χ4n) is 9.91. The maximum absolute atomic E-state index is 12.9. The molecule has 10 heteroatoms. The van der Waals surface area contributed by atoms with E-state index in [1.165, 1.54) is 180 Å². The van der Waals surface area contributed by atoms with Crippen molar-refractivity contribution < 1.29 is 42.1 Å². The molecule has 0 aliphatic heterocycles. The molecule has 496 valence electrons. The van der Waals surface area contributed by atoms with Gasteiger partial charge in [0.05, 0.1) is 27.7 Å². The SMILES string of the molecule is CC/C=C\C/C=C\C/C=C\C/C=C\C/C=C\CCCCCCCCCCCCCCCCCC(=O)OC(COC(=O)CCCCCCCCCCCCCCCCCCCC/C=C\C/C=C\C/C=C\C/C=C\CC)COP(=O)([O-])OCC[N+](C)(C)C. The van der Waals surface area contributed by atoms with Crippen LogP contribution in [0.25, 0.3) is 0 Å². The summed E-state index contributed by atoms with van der Waals surface area (Å²) in [5, 5.41) is 0. The summed E-state index contributed by atoms with van der Waals surface area (Å²) in [6.45, 7) is 4.05. The van der Waals surface area contributed by atoms with Crippen molar-refractivity contribution in [3.05, 3.63) is 109 Å². The van der Waals surface area contributed by atoms with E-state index in [9.17, 15) is 19.0 Å². The smallest absolute Gasteiger partial charge is 0.306 e. The maximum atomic E-state index is 12.9. The lowest BCUT2D eigenvalue weighted by atomic mass is 10.0. The first-order valence-electron chi connectivity index (χ1n) is 35.6. The fraction of sp³-hybridized carbons (Fsp3) is 0.737. The third kappa shape index (κ3) is 69.8. The molecule has 0 aliphatic carbocycles. The quantitative estimate of drug-likeness (QED) is 0.0195. The molecule has 2 atom stereocenters. The zero-order valence-electron chi connectivity index (χ0n) is 56.5. The van der Waals surface area contributed by atoms with Crippen LogP contribution in [-0.2, 0) is 32.7 Å². The van der Waals surface area contributed by atoms with Crippen molar-refractivity contribution in [1.82, 2.24) is 0 Å². The van der Waals surface area contributed by atoms with Crippen molar-refractivity contribution in [1.29, 1.82) is 0 Å². The van der Waals surface area contributed by atoms with Crippen molar-refractivity contribution in [3.63, 3.8) is 0 Å². The van der Waals surface area contributed by atoms with E-state index in [0.29, 0.717) is 17.4 Å². The third-order valence-corrected chi connectivity index (χ3v) is 16.3. The zero-order chi connectivity index (χ0) is 62.6. The number of hydrogen-bond donors (Lipinski definition) is 0. The van der Waals surface area contributed by atoms with Crippen molar-refractivity contribution in [2.45, 2.75) is 315 Å². The van der Waals surface area contributed by atoms with E-state index < -0.39 is 26.5 Å². The predicted molar refractivity (Wildman–Crippen MR) is 369 cm³/mol. The highest BCUT2D eigenvalue weighted by Crippen LogP contribution is 2.38. The standard InChI is InChI=1S/C76H134NO8P/c1-6-8-10-12-14-16-18-20-22-24-26-28-30-32-34-36-38-40-42-44-46-48-50-52-54-56-58-60-62-64-66-68-75(78)82-72-74(73-84-86(80,81)83-71-70-77(3,4)5)85-76(79)69-67-65-63-61-59-57-55-53-51-49-47-45-43-41-39-37-35-33-31-29-27-25-23-21-19-17-15-13-11-9-7-2/h8-11,14-17,20-23,26-29,33,35,74H,6-7,12-13,18-19,24-25,30-32,34,36-73H2,1-5H3/b10-8-,11-9-,16-14-,17-15-,22-20-,23-21-,28-26-,29-27-,35-33-. The average Bonchev–Trinajstić information content (AvgIpc) is 3.56. The van der Waals surface area contributed by atoms with Gasteiger partial charge in [-0.15, -0.1) is 0 Å².